The molecule has 0 radical (unpaired) electrons. The third-order valence-corrected chi connectivity index (χ3v) is 2.60. The molecule has 108 valence electrons. The normalized spacial score (nSPS) is 21.9. The molecule has 0 fully saturated rings. The lowest BCUT2D eigenvalue weighted by Crippen LogP contribution is -2.66. The molecule has 0 bridgehead atoms. The van der Waals surface area contributed by atoms with Gasteiger partial charge in [-0.15, -0.1) is 0 Å². The Bertz CT molecular complexity index is 518. The number of hydrogen-bond donors (Lipinski definition) is 2. The molecule has 1 atom stereocenters. The first-order valence-corrected chi connectivity index (χ1v) is 5.64. The van der Waals surface area contributed by atoms with E-state index in [2.05, 4.69) is 5.43 Å². The molecular weight excluding hydrogens is 275 g/mol. The fraction of sp³-hybridized carbons (Fsp3) is 0.250. The molecule has 2 rings (SSSR count). The van der Waals surface area contributed by atoms with Crippen molar-refractivity contribution < 1.29 is 22.7 Å². The van der Waals surface area contributed by atoms with Crippen LogP contribution in [0.3, 0.4) is 0 Å². The Morgan fingerprint density at radius 2 is 2.00 bits per heavy atom. The van der Waals surface area contributed by atoms with Crippen molar-refractivity contribution in [2.24, 2.45) is 0 Å². The molecule has 1 aromatic rings. The van der Waals surface area contributed by atoms with Gasteiger partial charge in [0.2, 0.25) is 5.66 Å². The third-order valence-electron chi connectivity index (χ3n) is 2.60. The Morgan fingerprint density at radius 3 is 2.50 bits per heavy atom. The van der Waals surface area contributed by atoms with E-state index >= 15 is 0 Å². The molecule has 8 heteroatoms. The SMILES string of the molecule is CN1C=CC(NC(=O)Oc2ccccc2)(C(F)(F)F)N1. The van der Waals surface area contributed by atoms with Crippen LogP contribution in [-0.4, -0.2) is 30.0 Å². The Balaban J connectivity index is 2.10. The number of alkyl halides is 3. The number of halogens is 3. The molecular formula is C12H12F3N3O2. The molecule has 0 saturated carbocycles. The van der Waals surface area contributed by atoms with E-state index in [4.69, 9.17) is 4.74 Å². The maximum Gasteiger partial charge on any atom is 0.430 e. The largest absolute Gasteiger partial charge is 0.430 e. The minimum Gasteiger partial charge on any atom is -0.410 e. The zero-order valence-electron chi connectivity index (χ0n) is 10.4. The molecule has 5 nitrogen and oxygen atoms in total. The van der Waals surface area contributed by atoms with E-state index in [0.717, 1.165) is 17.3 Å². The van der Waals surface area contributed by atoms with E-state index in [-0.39, 0.29) is 5.75 Å². The van der Waals surface area contributed by atoms with E-state index in [0.29, 0.717) is 0 Å². The second-order valence-electron chi connectivity index (χ2n) is 4.17. The summed E-state index contributed by atoms with van der Waals surface area (Å²) in [6.07, 6.45) is -3.96. The van der Waals surface area contributed by atoms with Crippen LogP contribution in [-0.2, 0) is 0 Å². The van der Waals surface area contributed by atoms with Crippen LogP contribution in [0.4, 0.5) is 18.0 Å². The molecule has 1 aliphatic rings. The molecule has 1 aromatic carbocycles. The summed E-state index contributed by atoms with van der Waals surface area (Å²) >= 11 is 0. The highest BCUT2D eigenvalue weighted by atomic mass is 19.4. The standard InChI is InChI=1S/C12H12F3N3O2/c1-18-8-7-11(17-18,12(13,14)15)16-10(19)20-9-5-3-2-4-6-9/h2-8,17H,1H3,(H,16,19). The second kappa shape index (κ2) is 5.04. The molecule has 1 unspecified atom stereocenters. The highest BCUT2D eigenvalue weighted by Crippen LogP contribution is 2.32. The van der Waals surface area contributed by atoms with E-state index < -0.39 is 17.9 Å². The molecule has 1 aliphatic heterocycles. The lowest BCUT2D eigenvalue weighted by Gasteiger charge is -2.32. The molecule has 1 amide bonds. The van der Waals surface area contributed by atoms with Crippen LogP contribution in [0.5, 0.6) is 5.75 Å². The quantitative estimate of drug-likeness (QED) is 0.873. The van der Waals surface area contributed by atoms with Crippen LogP contribution in [0.1, 0.15) is 0 Å². The first-order chi connectivity index (χ1) is 9.32. The molecule has 0 saturated heterocycles. The van der Waals surface area contributed by atoms with Gasteiger partial charge in [-0.25, -0.2) is 4.79 Å². The minimum atomic E-state index is -4.72. The molecule has 0 aromatic heterocycles. The Kier molecular flexibility index (Phi) is 3.58. The van der Waals surface area contributed by atoms with E-state index in [1.165, 1.54) is 19.2 Å². The molecule has 20 heavy (non-hydrogen) atoms. The molecule has 0 spiro atoms. The van der Waals surface area contributed by atoms with Crippen molar-refractivity contribution in [1.29, 1.82) is 0 Å². The number of hydrazine groups is 1. The summed E-state index contributed by atoms with van der Waals surface area (Å²) in [5.41, 5.74) is -0.564. The van der Waals surface area contributed by atoms with E-state index in [1.807, 2.05) is 0 Å². The van der Waals surface area contributed by atoms with Crippen molar-refractivity contribution in [3.63, 3.8) is 0 Å². The number of rotatable bonds is 2. The first kappa shape index (κ1) is 14.2. The first-order valence-electron chi connectivity index (χ1n) is 5.64. The number of benzene rings is 1. The minimum absolute atomic E-state index is 0.151. The van der Waals surface area contributed by atoms with Crippen molar-refractivity contribution >= 4 is 6.09 Å². The van der Waals surface area contributed by atoms with Crippen LogP contribution in [0.15, 0.2) is 42.6 Å². The van der Waals surface area contributed by atoms with Gasteiger partial charge in [0.05, 0.1) is 0 Å². The Hall–Kier alpha value is -2.22. The maximum atomic E-state index is 13.1. The van der Waals surface area contributed by atoms with Gasteiger partial charge in [-0.3, -0.25) is 5.32 Å². The van der Waals surface area contributed by atoms with Crippen molar-refractivity contribution in [2.45, 2.75) is 11.8 Å². The zero-order chi connectivity index (χ0) is 14.8. The van der Waals surface area contributed by atoms with Gasteiger partial charge in [0.15, 0.2) is 0 Å². The van der Waals surface area contributed by atoms with E-state index in [1.54, 1.807) is 23.5 Å². The number of amides is 1. The summed E-state index contributed by atoms with van der Waals surface area (Å²) in [6.45, 7) is 0. The van der Waals surface area contributed by atoms with Gasteiger partial charge in [0.25, 0.3) is 0 Å². The summed E-state index contributed by atoms with van der Waals surface area (Å²) in [4.78, 5) is 11.6. The molecule has 0 aliphatic carbocycles. The predicted octanol–water partition coefficient (Wildman–Crippen LogP) is 2.00. The third kappa shape index (κ3) is 2.85. The fourth-order valence-electron chi connectivity index (χ4n) is 1.66. The van der Waals surface area contributed by atoms with Gasteiger partial charge in [0.1, 0.15) is 5.75 Å². The summed E-state index contributed by atoms with van der Waals surface area (Å²) in [6, 6.07) is 7.82. The summed E-state index contributed by atoms with van der Waals surface area (Å²) in [5, 5.41) is 2.88. The Labute approximate surface area is 113 Å². The monoisotopic (exact) mass is 287 g/mol. The molecule has 1 heterocycles. The van der Waals surface area contributed by atoms with Crippen LogP contribution < -0.4 is 15.5 Å². The number of para-hydroxylation sites is 1. The smallest absolute Gasteiger partial charge is 0.410 e. The van der Waals surface area contributed by atoms with Crippen LogP contribution in [0.25, 0.3) is 0 Å². The van der Waals surface area contributed by atoms with Crippen LogP contribution in [0.2, 0.25) is 0 Å². The second-order valence-corrected chi connectivity index (χ2v) is 4.17. The van der Waals surface area contributed by atoms with Crippen molar-refractivity contribution in [2.75, 3.05) is 7.05 Å². The summed E-state index contributed by atoms with van der Waals surface area (Å²) in [7, 11) is 1.38. The Morgan fingerprint density at radius 1 is 1.35 bits per heavy atom. The molecule has 2 N–H and O–H groups in total. The number of nitrogens with zero attached hydrogens (tertiary/aromatic N) is 1. The lowest BCUT2D eigenvalue weighted by molar-refractivity contribution is -0.193. The lowest BCUT2D eigenvalue weighted by atomic mass is 10.2. The van der Waals surface area contributed by atoms with Gasteiger partial charge < -0.3 is 9.75 Å². The van der Waals surface area contributed by atoms with Gasteiger partial charge in [-0.1, -0.05) is 18.2 Å². The van der Waals surface area contributed by atoms with Gasteiger partial charge in [-0.05, 0) is 18.2 Å². The van der Waals surface area contributed by atoms with Gasteiger partial charge in [-0.2, -0.15) is 18.6 Å². The van der Waals surface area contributed by atoms with E-state index in [9.17, 15) is 18.0 Å². The van der Waals surface area contributed by atoms with Crippen LogP contribution in [0, 0.1) is 0 Å². The van der Waals surface area contributed by atoms with Crippen LogP contribution >= 0.6 is 0 Å². The number of nitrogens with one attached hydrogen (secondary N) is 2. The summed E-state index contributed by atoms with van der Waals surface area (Å²) in [5.74, 6) is 0.151. The number of carbonyl (C=O) groups is 1. The number of ether oxygens (including phenoxy) is 1. The number of carbonyl (C=O) groups excluding carboxylic acids is 1. The topological polar surface area (TPSA) is 53.6 Å². The zero-order valence-corrected chi connectivity index (χ0v) is 10.4. The highest BCUT2D eigenvalue weighted by Gasteiger charge is 2.57. The maximum absolute atomic E-state index is 13.1. The van der Waals surface area contributed by atoms with Gasteiger partial charge in [0, 0.05) is 13.2 Å². The summed E-state index contributed by atoms with van der Waals surface area (Å²) < 4.78 is 44.0. The predicted molar refractivity (Wildman–Crippen MR) is 64.4 cm³/mol. The fourth-order valence-corrected chi connectivity index (χ4v) is 1.66. The average Bonchev–Trinajstić information content (AvgIpc) is 2.72. The average molecular weight is 287 g/mol. The van der Waals surface area contributed by atoms with Crippen molar-refractivity contribution in [3.05, 3.63) is 42.6 Å². The van der Waals surface area contributed by atoms with Crippen molar-refractivity contribution in [3.8, 4) is 5.75 Å². The van der Waals surface area contributed by atoms with Gasteiger partial charge >= 0.3 is 12.3 Å². The highest BCUT2D eigenvalue weighted by molar-refractivity contribution is 5.72. The van der Waals surface area contributed by atoms with Crippen molar-refractivity contribution in [1.82, 2.24) is 15.8 Å². The number of hydrogen-bond acceptors (Lipinski definition) is 4.